The molecule has 15 heavy (non-hydrogen) atoms. The summed E-state index contributed by atoms with van der Waals surface area (Å²) in [7, 11) is 0. The zero-order valence-electron chi connectivity index (χ0n) is 8.83. The molecular weight excluding hydrogens is 196 g/mol. The van der Waals surface area contributed by atoms with Crippen LogP contribution in [0.1, 0.15) is 6.42 Å². The van der Waals surface area contributed by atoms with Gasteiger partial charge in [0.2, 0.25) is 5.91 Å². The molecule has 0 aromatic rings. The summed E-state index contributed by atoms with van der Waals surface area (Å²) in [6.07, 6.45) is 0.848. The lowest BCUT2D eigenvalue weighted by molar-refractivity contribution is -0.125. The van der Waals surface area contributed by atoms with Gasteiger partial charge in [0.25, 0.3) is 0 Å². The average Bonchev–Trinajstić information content (AvgIpc) is 2.81. The van der Waals surface area contributed by atoms with Crippen molar-refractivity contribution in [3.05, 3.63) is 0 Å². The van der Waals surface area contributed by atoms with Crippen LogP contribution in [-0.2, 0) is 14.3 Å². The topological polar surface area (TPSA) is 59.6 Å². The summed E-state index contributed by atoms with van der Waals surface area (Å²) in [5, 5.41) is 6.23. The van der Waals surface area contributed by atoms with Gasteiger partial charge >= 0.3 is 0 Å². The summed E-state index contributed by atoms with van der Waals surface area (Å²) in [5.41, 5.74) is 0. The second-order valence-electron chi connectivity index (χ2n) is 4.03. The van der Waals surface area contributed by atoms with Crippen molar-refractivity contribution in [3.63, 3.8) is 0 Å². The highest BCUT2D eigenvalue weighted by atomic mass is 16.5. The lowest BCUT2D eigenvalue weighted by atomic mass is 10.1. The fourth-order valence-electron chi connectivity index (χ4n) is 1.86. The lowest BCUT2D eigenvalue weighted by Gasteiger charge is -2.24. The number of ether oxygens (including phenoxy) is 2. The van der Waals surface area contributed by atoms with Gasteiger partial charge in [-0.25, -0.2) is 0 Å². The Hall–Kier alpha value is -0.650. The van der Waals surface area contributed by atoms with Gasteiger partial charge in [-0.1, -0.05) is 0 Å². The Balaban J connectivity index is 1.65. The minimum Gasteiger partial charge on any atom is -0.381 e. The zero-order valence-corrected chi connectivity index (χ0v) is 8.83. The van der Waals surface area contributed by atoms with Crippen molar-refractivity contribution in [2.45, 2.75) is 12.5 Å². The summed E-state index contributed by atoms with van der Waals surface area (Å²) >= 11 is 0. The van der Waals surface area contributed by atoms with Crippen LogP contribution in [0.2, 0.25) is 0 Å². The summed E-state index contributed by atoms with van der Waals surface area (Å²) in [6, 6.07) is 0.255. The van der Waals surface area contributed by atoms with Crippen molar-refractivity contribution >= 4 is 5.91 Å². The number of carbonyl (C=O) groups is 1. The van der Waals surface area contributed by atoms with Crippen molar-refractivity contribution in [1.29, 1.82) is 0 Å². The predicted octanol–water partition coefficient (Wildman–Crippen LogP) is -0.872. The van der Waals surface area contributed by atoms with E-state index in [1.54, 1.807) is 0 Å². The third-order valence-electron chi connectivity index (χ3n) is 2.82. The molecule has 2 saturated heterocycles. The van der Waals surface area contributed by atoms with E-state index in [1.807, 2.05) is 0 Å². The Labute approximate surface area is 89.5 Å². The van der Waals surface area contributed by atoms with Crippen molar-refractivity contribution in [2.75, 3.05) is 39.5 Å². The molecule has 5 heteroatoms. The minimum atomic E-state index is 0.0505. The van der Waals surface area contributed by atoms with Crippen molar-refractivity contribution < 1.29 is 14.3 Å². The Morgan fingerprint density at radius 2 is 2.20 bits per heavy atom. The fourth-order valence-corrected chi connectivity index (χ4v) is 1.86. The van der Waals surface area contributed by atoms with Crippen molar-refractivity contribution in [3.8, 4) is 0 Å². The maximum atomic E-state index is 11.6. The van der Waals surface area contributed by atoms with Crippen LogP contribution < -0.4 is 10.6 Å². The van der Waals surface area contributed by atoms with Gasteiger partial charge < -0.3 is 20.1 Å². The van der Waals surface area contributed by atoms with Crippen LogP contribution in [0, 0.1) is 5.92 Å². The van der Waals surface area contributed by atoms with Gasteiger partial charge in [-0.05, 0) is 6.42 Å². The van der Waals surface area contributed by atoms with Gasteiger partial charge in [0.1, 0.15) is 0 Å². The molecule has 0 aromatic carbocycles. The molecule has 0 bridgehead atoms. The highest BCUT2D eigenvalue weighted by Gasteiger charge is 2.24. The number of amides is 1. The second kappa shape index (κ2) is 5.44. The van der Waals surface area contributed by atoms with Gasteiger partial charge in [-0.15, -0.1) is 0 Å². The van der Waals surface area contributed by atoms with Gasteiger partial charge in [0.05, 0.1) is 25.7 Å². The highest BCUT2D eigenvalue weighted by Crippen LogP contribution is 2.11. The van der Waals surface area contributed by atoms with Gasteiger partial charge in [-0.2, -0.15) is 0 Å². The molecule has 86 valence electrons. The first kappa shape index (κ1) is 10.9. The van der Waals surface area contributed by atoms with Crippen molar-refractivity contribution in [2.24, 2.45) is 5.92 Å². The van der Waals surface area contributed by atoms with E-state index in [4.69, 9.17) is 9.47 Å². The Kier molecular flexibility index (Phi) is 3.94. The molecule has 0 radical (unpaired) electrons. The standard InChI is InChI=1S/C10H18N2O3/c13-10(8-1-3-14-6-8)12-5-9-7-15-4-2-11-9/h8-9,11H,1-7H2,(H,12,13). The fraction of sp³-hybridized carbons (Fsp3) is 0.900. The molecule has 0 saturated carbocycles. The first-order valence-corrected chi connectivity index (χ1v) is 5.53. The van der Waals surface area contributed by atoms with Crippen LogP contribution in [0.3, 0.4) is 0 Å². The Morgan fingerprint density at radius 1 is 1.33 bits per heavy atom. The van der Waals surface area contributed by atoms with E-state index in [1.165, 1.54) is 0 Å². The Bertz CT molecular complexity index is 211. The monoisotopic (exact) mass is 214 g/mol. The normalized spacial score (nSPS) is 31.5. The molecule has 2 aliphatic rings. The van der Waals surface area contributed by atoms with E-state index in [-0.39, 0.29) is 17.9 Å². The molecule has 0 spiro atoms. The number of rotatable bonds is 3. The Morgan fingerprint density at radius 3 is 2.87 bits per heavy atom. The van der Waals surface area contributed by atoms with Crippen LogP contribution in [0.4, 0.5) is 0 Å². The van der Waals surface area contributed by atoms with Gasteiger partial charge in [-0.3, -0.25) is 4.79 Å². The molecule has 2 N–H and O–H groups in total. The number of hydrogen-bond acceptors (Lipinski definition) is 4. The van der Waals surface area contributed by atoms with E-state index >= 15 is 0 Å². The molecular formula is C10H18N2O3. The molecule has 2 fully saturated rings. The number of carbonyl (C=O) groups excluding carboxylic acids is 1. The number of morpholine rings is 1. The van der Waals surface area contributed by atoms with E-state index in [9.17, 15) is 4.79 Å². The number of nitrogens with one attached hydrogen (secondary N) is 2. The molecule has 2 atom stereocenters. The second-order valence-corrected chi connectivity index (χ2v) is 4.03. The molecule has 0 aromatic heterocycles. The van der Waals surface area contributed by atoms with Crippen LogP contribution in [0.5, 0.6) is 0 Å². The largest absolute Gasteiger partial charge is 0.381 e. The molecule has 2 unspecified atom stereocenters. The maximum Gasteiger partial charge on any atom is 0.225 e. The molecule has 2 rings (SSSR count). The first-order valence-electron chi connectivity index (χ1n) is 5.53. The molecule has 1 amide bonds. The van der Waals surface area contributed by atoms with E-state index in [2.05, 4.69) is 10.6 Å². The van der Waals surface area contributed by atoms with E-state index in [0.717, 1.165) is 19.6 Å². The third kappa shape index (κ3) is 3.15. The van der Waals surface area contributed by atoms with Crippen LogP contribution >= 0.6 is 0 Å². The maximum absolute atomic E-state index is 11.6. The van der Waals surface area contributed by atoms with E-state index in [0.29, 0.717) is 26.4 Å². The summed E-state index contributed by atoms with van der Waals surface area (Å²) in [4.78, 5) is 11.6. The lowest BCUT2D eigenvalue weighted by Crippen LogP contribution is -2.49. The smallest absolute Gasteiger partial charge is 0.225 e. The quantitative estimate of drug-likeness (QED) is 0.641. The van der Waals surface area contributed by atoms with Gasteiger partial charge in [0.15, 0.2) is 0 Å². The molecule has 2 heterocycles. The number of hydrogen-bond donors (Lipinski definition) is 2. The predicted molar refractivity (Wildman–Crippen MR) is 54.5 cm³/mol. The summed E-state index contributed by atoms with van der Waals surface area (Å²) < 4.78 is 10.5. The van der Waals surface area contributed by atoms with Gasteiger partial charge in [0, 0.05) is 25.7 Å². The molecule has 0 aliphatic carbocycles. The van der Waals surface area contributed by atoms with Crippen molar-refractivity contribution in [1.82, 2.24) is 10.6 Å². The molecule has 5 nitrogen and oxygen atoms in total. The van der Waals surface area contributed by atoms with Crippen LogP contribution in [-0.4, -0.2) is 51.5 Å². The SMILES string of the molecule is O=C(NCC1COCCN1)C1CCOC1. The summed E-state index contributed by atoms with van der Waals surface area (Å²) in [5.74, 6) is 0.161. The summed E-state index contributed by atoms with van der Waals surface area (Å²) in [6.45, 7) is 4.24. The first-order chi connectivity index (χ1) is 7.36. The molecule has 2 aliphatic heterocycles. The zero-order chi connectivity index (χ0) is 10.5. The average molecular weight is 214 g/mol. The third-order valence-corrected chi connectivity index (χ3v) is 2.82. The van der Waals surface area contributed by atoms with Crippen LogP contribution in [0.25, 0.3) is 0 Å². The van der Waals surface area contributed by atoms with E-state index < -0.39 is 0 Å². The highest BCUT2D eigenvalue weighted by molar-refractivity contribution is 5.79. The van der Waals surface area contributed by atoms with Crippen LogP contribution in [0.15, 0.2) is 0 Å². The minimum absolute atomic E-state index is 0.0505.